The molecule has 1 aromatic rings. The maximum atomic E-state index is 10.1. The number of nitrogens with zero attached hydrogens (tertiary/aromatic N) is 3. The average Bonchev–Trinajstić information content (AvgIpc) is 2.34. The van der Waals surface area contributed by atoms with Gasteiger partial charge in [0.2, 0.25) is 0 Å². The summed E-state index contributed by atoms with van der Waals surface area (Å²) in [5.74, 6) is -0.496. The molecule has 6 heteroatoms. The molecule has 6 nitrogen and oxygen atoms in total. The Balaban J connectivity index is 2.65. The van der Waals surface area contributed by atoms with Crippen LogP contribution in [0, 0.1) is 0 Å². The summed E-state index contributed by atoms with van der Waals surface area (Å²) in [4.78, 5) is 13.9. The lowest BCUT2D eigenvalue weighted by Crippen LogP contribution is -2.09. The van der Waals surface area contributed by atoms with Gasteiger partial charge in [0.05, 0.1) is 6.54 Å². The zero-order chi connectivity index (χ0) is 8.27. The van der Waals surface area contributed by atoms with Gasteiger partial charge < -0.3 is 10.8 Å². The predicted octanol–water partition coefficient (Wildman–Crippen LogP) is -1.18. The molecule has 0 saturated heterocycles. The molecule has 0 aliphatic carbocycles. The molecule has 0 amide bonds. The number of rotatable bonds is 3. The van der Waals surface area contributed by atoms with Gasteiger partial charge in [-0.15, -0.1) is 0 Å². The second-order valence-corrected chi connectivity index (χ2v) is 1.96. The lowest BCUT2D eigenvalue weighted by Gasteiger charge is -1.91. The van der Waals surface area contributed by atoms with E-state index in [2.05, 4.69) is 10.1 Å². The Morgan fingerprint density at radius 3 is 3.00 bits per heavy atom. The van der Waals surface area contributed by atoms with Crippen LogP contribution in [-0.4, -0.2) is 25.8 Å². The Bertz CT molecular complexity index is 257. The minimum atomic E-state index is -0.946. The molecule has 0 bridgehead atoms. The Morgan fingerprint density at radius 2 is 2.55 bits per heavy atom. The molecule has 0 unspecified atom stereocenters. The third-order valence-electron chi connectivity index (χ3n) is 1.06. The maximum Gasteiger partial charge on any atom is 0.325 e. The van der Waals surface area contributed by atoms with Gasteiger partial charge in [-0.25, -0.2) is 9.67 Å². The van der Waals surface area contributed by atoms with Gasteiger partial charge in [-0.3, -0.25) is 4.79 Å². The molecular formula is C5H8N4O2. The molecule has 0 aromatic carbocycles. The summed E-state index contributed by atoms with van der Waals surface area (Å²) in [5, 5.41) is 12.1. The van der Waals surface area contributed by atoms with Crippen molar-refractivity contribution in [2.24, 2.45) is 5.73 Å². The maximum absolute atomic E-state index is 10.1. The van der Waals surface area contributed by atoms with Crippen LogP contribution in [0.25, 0.3) is 0 Å². The van der Waals surface area contributed by atoms with Crippen LogP contribution in [0.1, 0.15) is 5.82 Å². The highest BCUT2D eigenvalue weighted by molar-refractivity contribution is 5.66. The van der Waals surface area contributed by atoms with E-state index in [0.29, 0.717) is 5.82 Å². The number of nitrogens with two attached hydrogens (primary N) is 1. The lowest BCUT2D eigenvalue weighted by atomic mass is 10.6. The molecule has 0 aliphatic rings. The Labute approximate surface area is 62.6 Å². The van der Waals surface area contributed by atoms with E-state index in [4.69, 9.17) is 10.8 Å². The van der Waals surface area contributed by atoms with Crippen molar-refractivity contribution in [1.82, 2.24) is 14.8 Å². The van der Waals surface area contributed by atoms with Crippen LogP contribution >= 0.6 is 0 Å². The number of carboxylic acid groups (broad SMARTS) is 1. The van der Waals surface area contributed by atoms with Crippen molar-refractivity contribution in [2.75, 3.05) is 0 Å². The van der Waals surface area contributed by atoms with Crippen molar-refractivity contribution in [3.05, 3.63) is 12.2 Å². The number of carbonyl (C=O) groups is 1. The standard InChI is InChI=1S/C5H8N4O2/c6-1-4-7-3-9(8-4)2-5(10)11/h3H,1-2,6H2,(H,10,11). The van der Waals surface area contributed by atoms with Crippen molar-refractivity contribution in [2.45, 2.75) is 13.1 Å². The number of hydrogen-bond donors (Lipinski definition) is 2. The van der Waals surface area contributed by atoms with Gasteiger partial charge in [0, 0.05) is 0 Å². The average molecular weight is 156 g/mol. The fourth-order valence-corrected chi connectivity index (χ4v) is 0.641. The zero-order valence-corrected chi connectivity index (χ0v) is 5.77. The SMILES string of the molecule is NCc1ncn(CC(=O)O)n1. The molecular weight excluding hydrogens is 148 g/mol. The van der Waals surface area contributed by atoms with Crippen LogP contribution in [0.5, 0.6) is 0 Å². The van der Waals surface area contributed by atoms with Crippen LogP contribution < -0.4 is 5.73 Å². The van der Waals surface area contributed by atoms with Crippen molar-refractivity contribution in [3.8, 4) is 0 Å². The first-order chi connectivity index (χ1) is 5.22. The highest BCUT2D eigenvalue weighted by atomic mass is 16.4. The highest BCUT2D eigenvalue weighted by Gasteiger charge is 2.01. The number of carboxylic acids is 1. The molecule has 0 saturated carbocycles. The van der Waals surface area contributed by atoms with Crippen molar-refractivity contribution in [3.63, 3.8) is 0 Å². The Morgan fingerprint density at radius 1 is 1.82 bits per heavy atom. The summed E-state index contributed by atoms with van der Waals surface area (Å²) in [7, 11) is 0. The van der Waals surface area contributed by atoms with E-state index in [1.54, 1.807) is 0 Å². The molecule has 0 fully saturated rings. The molecule has 0 atom stereocenters. The normalized spacial score (nSPS) is 9.91. The summed E-state index contributed by atoms with van der Waals surface area (Å²) in [5.41, 5.74) is 5.21. The van der Waals surface area contributed by atoms with E-state index in [0.717, 1.165) is 0 Å². The molecule has 1 rings (SSSR count). The summed E-state index contributed by atoms with van der Waals surface area (Å²) in [6.45, 7) is 0.0552. The topological polar surface area (TPSA) is 94.0 Å². The second kappa shape index (κ2) is 3.11. The largest absolute Gasteiger partial charge is 0.480 e. The van der Waals surface area contributed by atoms with Crippen molar-refractivity contribution < 1.29 is 9.90 Å². The van der Waals surface area contributed by atoms with E-state index in [1.807, 2.05) is 0 Å². The number of hydrogen-bond acceptors (Lipinski definition) is 4. The van der Waals surface area contributed by atoms with Gasteiger partial charge in [0.25, 0.3) is 0 Å². The van der Waals surface area contributed by atoms with Gasteiger partial charge in [-0.2, -0.15) is 5.10 Å². The number of aromatic nitrogens is 3. The molecule has 1 heterocycles. The molecule has 60 valence electrons. The van der Waals surface area contributed by atoms with Gasteiger partial charge in [0.15, 0.2) is 5.82 Å². The predicted molar refractivity (Wildman–Crippen MR) is 35.5 cm³/mol. The smallest absolute Gasteiger partial charge is 0.325 e. The quantitative estimate of drug-likeness (QED) is 0.574. The van der Waals surface area contributed by atoms with E-state index in [9.17, 15) is 4.79 Å². The van der Waals surface area contributed by atoms with E-state index in [-0.39, 0.29) is 13.1 Å². The van der Waals surface area contributed by atoms with Crippen LogP contribution in [-0.2, 0) is 17.9 Å². The van der Waals surface area contributed by atoms with E-state index in [1.165, 1.54) is 11.0 Å². The Kier molecular flexibility index (Phi) is 2.17. The van der Waals surface area contributed by atoms with Crippen LogP contribution in [0.15, 0.2) is 6.33 Å². The first-order valence-electron chi connectivity index (χ1n) is 3.02. The summed E-state index contributed by atoms with van der Waals surface area (Å²) >= 11 is 0. The molecule has 1 aromatic heterocycles. The summed E-state index contributed by atoms with van der Waals surface area (Å²) in [6, 6.07) is 0. The van der Waals surface area contributed by atoms with Crippen LogP contribution in [0.4, 0.5) is 0 Å². The zero-order valence-electron chi connectivity index (χ0n) is 5.77. The van der Waals surface area contributed by atoms with Crippen molar-refractivity contribution in [1.29, 1.82) is 0 Å². The van der Waals surface area contributed by atoms with Crippen molar-refractivity contribution >= 4 is 5.97 Å². The number of aliphatic carboxylic acids is 1. The summed E-state index contributed by atoms with van der Waals surface area (Å²) < 4.78 is 1.23. The Hall–Kier alpha value is -1.43. The first-order valence-corrected chi connectivity index (χ1v) is 3.02. The minimum Gasteiger partial charge on any atom is -0.480 e. The van der Waals surface area contributed by atoms with Crippen LogP contribution in [0.2, 0.25) is 0 Å². The fourth-order valence-electron chi connectivity index (χ4n) is 0.641. The first kappa shape index (κ1) is 7.67. The minimum absolute atomic E-state index is 0.174. The molecule has 11 heavy (non-hydrogen) atoms. The third kappa shape index (κ3) is 2.01. The monoisotopic (exact) mass is 156 g/mol. The van der Waals surface area contributed by atoms with Crippen LogP contribution in [0.3, 0.4) is 0 Å². The van der Waals surface area contributed by atoms with Gasteiger partial charge in [-0.1, -0.05) is 0 Å². The molecule has 0 radical (unpaired) electrons. The van der Waals surface area contributed by atoms with Gasteiger partial charge >= 0.3 is 5.97 Å². The highest BCUT2D eigenvalue weighted by Crippen LogP contribution is 1.87. The lowest BCUT2D eigenvalue weighted by molar-refractivity contribution is -0.137. The molecule has 3 N–H and O–H groups in total. The summed E-state index contributed by atoms with van der Waals surface area (Å²) in [6.07, 6.45) is 1.34. The second-order valence-electron chi connectivity index (χ2n) is 1.96. The van der Waals surface area contributed by atoms with E-state index < -0.39 is 5.97 Å². The molecule has 0 aliphatic heterocycles. The van der Waals surface area contributed by atoms with Gasteiger partial charge in [-0.05, 0) is 0 Å². The van der Waals surface area contributed by atoms with Gasteiger partial charge in [0.1, 0.15) is 12.9 Å². The molecule has 0 spiro atoms. The third-order valence-corrected chi connectivity index (χ3v) is 1.06. The fraction of sp³-hybridized carbons (Fsp3) is 0.400. The van der Waals surface area contributed by atoms with E-state index >= 15 is 0 Å².